The van der Waals surface area contributed by atoms with E-state index in [1.165, 1.54) is 11.3 Å². The maximum absolute atomic E-state index is 12.8. The van der Waals surface area contributed by atoms with Gasteiger partial charge >= 0.3 is 0 Å². The Bertz CT molecular complexity index is 819. The van der Waals surface area contributed by atoms with Gasteiger partial charge in [0.2, 0.25) is 5.91 Å². The molecule has 2 aromatic rings. The lowest BCUT2D eigenvalue weighted by Crippen LogP contribution is -2.50. The molecule has 0 spiro atoms. The third kappa shape index (κ3) is 4.54. The minimum absolute atomic E-state index is 0.0443. The zero-order valence-electron chi connectivity index (χ0n) is 15.1. The van der Waals surface area contributed by atoms with Crippen LogP contribution in [-0.4, -0.2) is 36.8 Å². The Kier molecular flexibility index (Phi) is 6.24. The second-order valence-corrected chi connectivity index (χ2v) is 7.22. The zero-order valence-corrected chi connectivity index (χ0v) is 16.0. The highest BCUT2D eigenvalue weighted by Crippen LogP contribution is 2.33. The first-order chi connectivity index (χ1) is 13.1. The number of thiophene rings is 1. The van der Waals surface area contributed by atoms with Crippen LogP contribution in [0.3, 0.4) is 0 Å². The number of nitrogens with zero attached hydrogens (tertiary/aromatic N) is 1. The van der Waals surface area contributed by atoms with Crippen molar-refractivity contribution in [3.8, 4) is 5.75 Å². The summed E-state index contributed by atoms with van der Waals surface area (Å²) in [7, 11) is 0. The van der Waals surface area contributed by atoms with E-state index in [-0.39, 0.29) is 37.0 Å². The number of fused-ring (bicyclic) bond motifs is 1. The highest BCUT2D eigenvalue weighted by Gasteiger charge is 2.33. The van der Waals surface area contributed by atoms with Crippen LogP contribution in [-0.2, 0) is 9.59 Å². The first-order valence-electron chi connectivity index (χ1n) is 9.00. The standard InChI is InChI=1S/C20H22N2O4S/c1-2-11-21-20(25)17-13-22(14-6-3-4-7-16(14)26-17)19(24)10-9-15(23)18-8-5-12-27-18/h3-8,12,17H,2,9-11,13H2,1H3,(H,21,25)/t17-/m0/s1. The van der Waals surface area contributed by atoms with Crippen LogP contribution in [0.2, 0.25) is 0 Å². The lowest BCUT2D eigenvalue weighted by Gasteiger charge is -2.34. The average molecular weight is 386 g/mol. The number of nitrogens with one attached hydrogen (secondary N) is 1. The summed E-state index contributed by atoms with van der Waals surface area (Å²) in [4.78, 5) is 39.5. The molecule has 1 aromatic carbocycles. The Morgan fingerprint density at radius 2 is 2.00 bits per heavy atom. The lowest BCUT2D eigenvalue weighted by molar-refractivity contribution is -0.128. The molecule has 7 heteroatoms. The monoisotopic (exact) mass is 386 g/mol. The topological polar surface area (TPSA) is 75.7 Å². The second kappa shape index (κ2) is 8.81. The van der Waals surface area contributed by atoms with Gasteiger partial charge < -0.3 is 15.0 Å². The third-order valence-electron chi connectivity index (χ3n) is 4.28. The van der Waals surface area contributed by atoms with Crippen molar-refractivity contribution < 1.29 is 19.1 Å². The smallest absolute Gasteiger partial charge is 0.262 e. The second-order valence-electron chi connectivity index (χ2n) is 6.27. The van der Waals surface area contributed by atoms with Crippen LogP contribution in [0.1, 0.15) is 35.9 Å². The molecule has 1 aromatic heterocycles. The maximum Gasteiger partial charge on any atom is 0.262 e. The van der Waals surface area contributed by atoms with Crippen molar-refractivity contribution in [1.29, 1.82) is 0 Å². The Balaban J connectivity index is 1.71. The maximum atomic E-state index is 12.8. The van der Waals surface area contributed by atoms with E-state index < -0.39 is 6.10 Å². The van der Waals surface area contributed by atoms with Crippen molar-refractivity contribution in [2.45, 2.75) is 32.3 Å². The Labute approximate surface area is 162 Å². The first-order valence-corrected chi connectivity index (χ1v) is 9.88. The summed E-state index contributed by atoms with van der Waals surface area (Å²) >= 11 is 1.37. The number of carbonyl (C=O) groups excluding carboxylic acids is 3. The summed E-state index contributed by atoms with van der Waals surface area (Å²) in [6.07, 6.45) is 0.297. The van der Waals surface area contributed by atoms with Crippen LogP contribution >= 0.6 is 11.3 Å². The highest BCUT2D eigenvalue weighted by molar-refractivity contribution is 7.12. The number of carbonyl (C=O) groups is 3. The van der Waals surface area contributed by atoms with E-state index in [2.05, 4.69) is 5.32 Å². The van der Waals surface area contributed by atoms with Gasteiger partial charge in [0.1, 0.15) is 5.75 Å². The third-order valence-corrected chi connectivity index (χ3v) is 5.19. The molecule has 3 rings (SSSR count). The zero-order chi connectivity index (χ0) is 19.2. The van der Waals surface area contributed by atoms with Crippen molar-refractivity contribution >= 4 is 34.6 Å². The van der Waals surface area contributed by atoms with Gasteiger partial charge in [-0.25, -0.2) is 0 Å². The summed E-state index contributed by atoms with van der Waals surface area (Å²) < 4.78 is 5.78. The molecule has 2 amide bonds. The number of ether oxygens (including phenoxy) is 1. The van der Waals surface area contributed by atoms with E-state index in [9.17, 15) is 14.4 Å². The molecule has 1 aliphatic heterocycles. The van der Waals surface area contributed by atoms with E-state index in [1.54, 1.807) is 29.2 Å². The minimum atomic E-state index is -0.761. The largest absolute Gasteiger partial charge is 0.477 e. The Hall–Kier alpha value is -2.67. The molecule has 0 aliphatic carbocycles. The van der Waals surface area contributed by atoms with Gasteiger partial charge in [0.05, 0.1) is 17.1 Å². The number of para-hydroxylation sites is 2. The molecule has 0 bridgehead atoms. The average Bonchev–Trinajstić information content (AvgIpc) is 3.24. The van der Waals surface area contributed by atoms with E-state index >= 15 is 0 Å². The number of hydrogen-bond donors (Lipinski definition) is 1. The van der Waals surface area contributed by atoms with Gasteiger partial charge in [0.15, 0.2) is 11.9 Å². The predicted molar refractivity (Wildman–Crippen MR) is 104 cm³/mol. The van der Waals surface area contributed by atoms with Crippen molar-refractivity contribution in [2.75, 3.05) is 18.0 Å². The highest BCUT2D eigenvalue weighted by atomic mass is 32.1. The summed E-state index contributed by atoms with van der Waals surface area (Å²) in [5, 5.41) is 4.65. The van der Waals surface area contributed by atoms with Crippen molar-refractivity contribution in [2.24, 2.45) is 0 Å². The fourth-order valence-electron chi connectivity index (χ4n) is 2.88. The van der Waals surface area contributed by atoms with Crippen molar-refractivity contribution in [1.82, 2.24) is 5.32 Å². The first kappa shape index (κ1) is 19.1. The summed E-state index contributed by atoms with van der Waals surface area (Å²) in [5.74, 6) is 0.0261. The lowest BCUT2D eigenvalue weighted by atomic mass is 10.1. The van der Waals surface area contributed by atoms with Crippen LogP contribution in [0, 0.1) is 0 Å². The Morgan fingerprint density at radius 3 is 2.74 bits per heavy atom. The van der Waals surface area contributed by atoms with E-state index in [1.807, 2.05) is 24.4 Å². The number of amides is 2. The fraction of sp³-hybridized carbons (Fsp3) is 0.350. The predicted octanol–water partition coefficient (Wildman–Crippen LogP) is 3.03. The number of rotatable bonds is 7. The number of anilines is 1. The van der Waals surface area contributed by atoms with Gasteiger partial charge in [-0.1, -0.05) is 25.1 Å². The van der Waals surface area contributed by atoms with Gasteiger partial charge in [-0.2, -0.15) is 0 Å². The molecule has 1 aliphatic rings. The van der Waals surface area contributed by atoms with Crippen LogP contribution in [0.4, 0.5) is 5.69 Å². The van der Waals surface area contributed by atoms with Gasteiger partial charge in [0.25, 0.3) is 5.91 Å². The number of benzene rings is 1. The summed E-state index contributed by atoms with van der Waals surface area (Å²) in [5.41, 5.74) is 0.630. The molecular weight excluding hydrogens is 364 g/mol. The Morgan fingerprint density at radius 1 is 1.19 bits per heavy atom. The molecule has 142 valence electrons. The SMILES string of the molecule is CCCNC(=O)[C@@H]1CN(C(=O)CCC(=O)c2cccs2)c2ccccc2O1. The van der Waals surface area contributed by atoms with Crippen LogP contribution in [0.5, 0.6) is 5.75 Å². The normalized spacial score (nSPS) is 15.6. The van der Waals surface area contributed by atoms with Gasteiger partial charge in [-0.3, -0.25) is 14.4 Å². The minimum Gasteiger partial charge on any atom is -0.477 e. The molecule has 1 atom stereocenters. The van der Waals surface area contributed by atoms with E-state index in [4.69, 9.17) is 4.74 Å². The molecule has 27 heavy (non-hydrogen) atoms. The summed E-state index contributed by atoms with van der Waals surface area (Å²) in [6, 6.07) is 10.7. The van der Waals surface area contributed by atoms with Crippen LogP contribution < -0.4 is 15.0 Å². The van der Waals surface area contributed by atoms with Crippen LogP contribution in [0.15, 0.2) is 41.8 Å². The molecule has 0 fully saturated rings. The molecular formula is C20H22N2O4S. The van der Waals surface area contributed by atoms with E-state index in [0.717, 1.165) is 6.42 Å². The number of ketones is 1. The van der Waals surface area contributed by atoms with Crippen molar-refractivity contribution in [3.05, 3.63) is 46.7 Å². The molecule has 0 saturated heterocycles. The van der Waals surface area contributed by atoms with Gasteiger partial charge in [0, 0.05) is 19.4 Å². The summed E-state index contributed by atoms with van der Waals surface area (Å²) in [6.45, 7) is 2.67. The molecule has 1 N–H and O–H groups in total. The van der Waals surface area contributed by atoms with Gasteiger partial charge in [-0.15, -0.1) is 11.3 Å². The van der Waals surface area contributed by atoms with Crippen LogP contribution in [0.25, 0.3) is 0 Å². The molecule has 6 nitrogen and oxygen atoms in total. The fourth-order valence-corrected chi connectivity index (χ4v) is 3.58. The number of Topliss-reactive ketones (excluding diaryl/α,β-unsaturated/α-hetero) is 1. The van der Waals surface area contributed by atoms with Crippen molar-refractivity contribution in [3.63, 3.8) is 0 Å². The molecule has 0 unspecified atom stereocenters. The number of hydrogen-bond acceptors (Lipinski definition) is 5. The quantitative estimate of drug-likeness (QED) is 0.742. The van der Waals surface area contributed by atoms with Gasteiger partial charge in [-0.05, 0) is 30.0 Å². The molecule has 2 heterocycles. The van der Waals surface area contributed by atoms with E-state index in [0.29, 0.717) is 22.9 Å². The molecule has 0 radical (unpaired) electrons. The molecule has 0 saturated carbocycles.